The van der Waals surface area contributed by atoms with Crippen molar-refractivity contribution in [2.75, 3.05) is 59.6 Å². The molecule has 184 valence electrons. The number of hydrogen-bond acceptors (Lipinski definition) is 8. The summed E-state index contributed by atoms with van der Waals surface area (Å²) in [6.07, 6.45) is 6.36. The summed E-state index contributed by atoms with van der Waals surface area (Å²) in [7, 11) is 2.16. The lowest BCUT2D eigenvalue weighted by atomic mass is 9.98. The second kappa shape index (κ2) is 10.4. The van der Waals surface area contributed by atoms with Gasteiger partial charge in [-0.1, -0.05) is 6.07 Å². The van der Waals surface area contributed by atoms with Crippen molar-refractivity contribution < 1.29 is 14.6 Å². The Kier molecular flexibility index (Phi) is 6.94. The van der Waals surface area contributed by atoms with Crippen LogP contribution in [-0.2, 0) is 4.74 Å². The predicted octanol–water partition coefficient (Wildman–Crippen LogP) is 2.18. The molecule has 3 aromatic heterocycles. The van der Waals surface area contributed by atoms with E-state index < -0.39 is 0 Å². The van der Waals surface area contributed by atoms with Crippen LogP contribution in [-0.4, -0.2) is 101 Å². The van der Waals surface area contributed by atoms with Crippen LogP contribution in [0.3, 0.4) is 0 Å². The molecule has 35 heavy (non-hydrogen) atoms. The van der Waals surface area contributed by atoms with E-state index in [1.165, 1.54) is 0 Å². The maximum absolute atomic E-state index is 9.21. The van der Waals surface area contributed by atoms with E-state index >= 15 is 0 Å². The molecule has 1 saturated heterocycles. The Balaban J connectivity index is 1.37. The molecule has 1 fully saturated rings. The second-order valence-corrected chi connectivity index (χ2v) is 8.75. The SMILES string of the molecule is CN1CCN(CCCOC2=C/C(=N/c3c(OCCO)nn4ccccc34)C(=N)c3cc[nH]c32)CC1. The van der Waals surface area contributed by atoms with Gasteiger partial charge in [0.25, 0.3) is 5.88 Å². The van der Waals surface area contributed by atoms with Crippen molar-refractivity contribution in [1.29, 1.82) is 5.41 Å². The average Bonchev–Trinajstić information content (AvgIpc) is 3.50. The Labute approximate surface area is 204 Å². The third kappa shape index (κ3) is 5.00. The quantitative estimate of drug-likeness (QED) is 0.407. The summed E-state index contributed by atoms with van der Waals surface area (Å²) in [6, 6.07) is 7.53. The van der Waals surface area contributed by atoms with Crippen LogP contribution in [0, 0.1) is 5.41 Å². The van der Waals surface area contributed by atoms with Crippen LogP contribution in [0.15, 0.2) is 47.7 Å². The summed E-state index contributed by atoms with van der Waals surface area (Å²) in [5.41, 5.74) is 3.58. The Morgan fingerprint density at radius 1 is 1.14 bits per heavy atom. The van der Waals surface area contributed by atoms with Crippen LogP contribution in [0.1, 0.15) is 17.7 Å². The molecular formula is C25H31N7O3. The summed E-state index contributed by atoms with van der Waals surface area (Å²) >= 11 is 0. The number of aromatic nitrogens is 3. The first-order chi connectivity index (χ1) is 17.1. The van der Waals surface area contributed by atoms with E-state index in [2.05, 4.69) is 26.9 Å². The molecule has 0 radical (unpaired) electrons. The number of rotatable bonds is 9. The number of piperazine rings is 1. The van der Waals surface area contributed by atoms with Crippen LogP contribution in [0.2, 0.25) is 0 Å². The first-order valence-electron chi connectivity index (χ1n) is 12.0. The molecule has 2 aliphatic rings. The minimum atomic E-state index is -0.127. The number of likely N-dealkylation sites (N-methyl/N-ethyl adjacent to an activating group) is 1. The molecule has 4 heterocycles. The van der Waals surface area contributed by atoms with Crippen LogP contribution < -0.4 is 4.74 Å². The van der Waals surface area contributed by atoms with Crippen LogP contribution in [0.4, 0.5) is 5.69 Å². The number of ether oxygens (including phenoxy) is 2. The van der Waals surface area contributed by atoms with E-state index in [4.69, 9.17) is 19.9 Å². The highest BCUT2D eigenvalue weighted by Gasteiger charge is 2.25. The Bertz CT molecular complexity index is 1250. The fourth-order valence-electron chi connectivity index (χ4n) is 4.36. The number of allylic oxidation sites excluding steroid dienone is 1. The summed E-state index contributed by atoms with van der Waals surface area (Å²) in [5, 5.41) is 22.4. The molecule has 0 unspecified atom stereocenters. The van der Waals surface area contributed by atoms with Crippen LogP contribution in [0.5, 0.6) is 5.88 Å². The third-order valence-corrected chi connectivity index (χ3v) is 6.30. The zero-order valence-electron chi connectivity index (χ0n) is 19.9. The maximum Gasteiger partial charge on any atom is 0.260 e. The minimum Gasteiger partial charge on any atom is -0.491 e. The summed E-state index contributed by atoms with van der Waals surface area (Å²) in [5.74, 6) is 0.987. The zero-order chi connectivity index (χ0) is 24.2. The van der Waals surface area contributed by atoms with E-state index in [1.54, 1.807) is 10.6 Å². The molecule has 5 rings (SSSR count). The number of hydrogen-bond donors (Lipinski definition) is 3. The first kappa shape index (κ1) is 23.3. The number of aliphatic hydroxyl groups excluding tert-OH is 1. The topological polar surface area (TPSA) is 114 Å². The van der Waals surface area contributed by atoms with Crippen LogP contribution in [0.25, 0.3) is 11.3 Å². The van der Waals surface area contributed by atoms with Gasteiger partial charge in [-0.05, 0) is 31.7 Å². The highest BCUT2D eigenvalue weighted by atomic mass is 16.5. The molecule has 3 N–H and O–H groups in total. The molecule has 0 amide bonds. The lowest BCUT2D eigenvalue weighted by molar-refractivity contribution is 0.142. The first-order valence-corrected chi connectivity index (χ1v) is 12.0. The van der Waals surface area contributed by atoms with Gasteiger partial charge in [0.1, 0.15) is 12.4 Å². The fourth-order valence-corrected chi connectivity index (χ4v) is 4.36. The highest BCUT2D eigenvalue weighted by molar-refractivity contribution is 6.54. The molecule has 0 saturated carbocycles. The smallest absolute Gasteiger partial charge is 0.260 e. The normalized spacial score (nSPS) is 18.2. The van der Waals surface area contributed by atoms with E-state index in [1.807, 2.05) is 36.7 Å². The lowest BCUT2D eigenvalue weighted by Gasteiger charge is -2.32. The standard InChI is InChI=1S/C25H31N7O3/c1-30-10-12-31(13-11-30)8-4-15-34-21-17-19(22(26)18-6-7-27-23(18)21)28-24-20-5-2-3-9-32(20)29-25(24)35-16-14-33/h2-3,5-7,9,17,26-27,33H,4,8,10-16H2,1H3/b26-22?,28-19-. The van der Waals surface area contributed by atoms with Crippen LogP contribution >= 0.6 is 0 Å². The van der Waals surface area contributed by atoms with Gasteiger partial charge >= 0.3 is 0 Å². The van der Waals surface area contributed by atoms with Crippen molar-refractivity contribution in [2.24, 2.45) is 4.99 Å². The Hall–Kier alpha value is -3.47. The molecule has 0 atom stereocenters. The summed E-state index contributed by atoms with van der Waals surface area (Å²) < 4.78 is 13.5. The number of aliphatic hydroxyl groups is 1. The number of fused-ring (bicyclic) bond motifs is 2. The van der Waals surface area contributed by atoms with Gasteiger partial charge in [0.05, 0.1) is 35.8 Å². The van der Waals surface area contributed by atoms with Gasteiger partial charge in [0, 0.05) is 56.8 Å². The second-order valence-electron chi connectivity index (χ2n) is 8.75. The predicted molar refractivity (Wildman–Crippen MR) is 135 cm³/mol. The number of aliphatic imine (C=N–C) groups is 1. The van der Waals surface area contributed by atoms with Gasteiger partial charge in [0.15, 0.2) is 5.69 Å². The van der Waals surface area contributed by atoms with Gasteiger partial charge in [-0.15, -0.1) is 5.10 Å². The van der Waals surface area contributed by atoms with Crippen molar-refractivity contribution in [3.63, 3.8) is 0 Å². The van der Waals surface area contributed by atoms with Gasteiger partial charge < -0.3 is 29.4 Å². The minimum absolute atomic E-state index is 0.110. The molecule has 0 aromatic carbocycles. The third-order valence-electron chi connectivity index (χ3n) is 6.30. The fraction of sp³-hybridized carbons (Fsp3) is 0.400. The molecule has 1 aliphatic heterocycles. The summed E-state index contributed by atoms with van der Waals surface area (Å²) in [6.45, 7) is 5.96. The molecule has 0 bridgehead atoms. The number of pyridine rings is 1. The monoisotopic (exact) mass is 477 g/mol. The number of nitrogens with one attached hydrogen (secondary N) is 2. The highest BCUT2D eigenvalue weighted by Crippen LogP contribution is 2.34. The van der Waals surface area contributed by atoms with Gasteiger partial charge in [-0.3, -0.25) is 5.41 Å². The summed E-state index contributed by atoms with van der Waals surface area (Å²) in [4.78, 5) is 12.8. The molecule has 0 spiro atoms. The number of nitrogens with zero attached hydrogens (tertiary/aromatic N) is 5. The van der Waals surface area contributed by atoms with Crippen molar-refractivity contribution in [1.82, 2.24) is 24.4 Å². The molecule has 10 heteroatoms. The Morgan fingerprint density at radius 3 is 2.83 bits per heavy atom. The maximum atomic E-state index is 9.21. The van der Waals surface area contributed by atoms with E-state index in [0.717, 1.165) is 55.9 Å². The van der Waals surface area contributed by atoms with Crippen molar-refractivity contribution in [3.05, 3.63) is 54.0 Å². The van der Waals surface area contributed by atoms with Gasteiger partial charge in [-0.25, -0.2) is 9.51 Å². The Morgan fingerprint density at radius 2 is 2.00 bits per heavy atom. The van der Waals surface area contributed by atoms with Crippen molar-refractivity contribution >= 4 is 28.4 Å². The van der Waals surface area contributed by atoms with E-state index in [0.29, 0.717) is 35.4 Å². The zero-order valence-corrected chi connectivity index (χ0v) is 19.9. The average molecular weight is 478 g/mol. The number of H-pyrrole nitrogens is 1. The van der Waals surface area contributed by atoms with Gasteiger partial charge in [0.2, 0.25) is 0 Å². The van der Waals surface area contributed by atoms with Crippen molar-refractivity contribution in [3.8, 4) is 5.88 Å². The van der Waals surface area contributed by atoms with Gasteiger partial charge in [-0.2, -0.15) is 0 Å². The largest absolute Gasteiger partial charge is 0.491 e. The van der Waals surface area contributed by atoms with E-state index in [-0.39, 0.29) is 13.2 Å². The molecule has 3 aromatic rings. The molecule has 1 aliphatic carbocycles. The van der Waals surface area contributed by atoms with Crippen molar-refractivity contribution in [2.45, 2.75) is 6.42 Å². The number of aromatic amines is 1. The molecular weight excluding hydrogens is 446 g/mol. The van der Waals surface area contributed by atoms with E-state index in [9.17, 15) is 5.11 Å². The molecule has 10 nitrogen and oxygen atoms in total. The lowest BCUT2D eigenvalue weighted by Crippen LogP contribution is -2.44.